The molecule has 126 valence electrons. The van der Waals surface area contributed by atoms with Gasteiger partial charge in [-0.3, -0.25) is 0 Å². The highest BCUT2D eigenvalue weighted by molar-refractivity contribution is 7.14. The van der Waals surface area contributed by atoms with Crippen LogP contribution in [0.4, 0.5) is 11.4 Å². The molecule has 0 spiro atoms. The van der Waals surface area contributed by atoms with Crippen LogP contribution in [0, 0.1) is 0 Å². The third-order valence-electron chi connectivity index (χ3n) is 4.21. The van der Waals surface area contributed by atoms with E-state index in [9.17, 15) is 0 Å². The van der Waals surface area contributed by atoms with Gasteiger partial charge in [0.15, 0.2) is 0 Å². The van der Waals surface area contributed by atoms with E-state index in [1.165, 1.54) is 21.4 Å². The molecule has 0 bridgehead atoms. The number of rotatable bonds is 5. The number of anilines is 2. The van der Waals surface area contributed by atoms with Gasteiger partial charge in [0.1, 0.15) is 0 Å². The first-order chi connectivity index (χ1) is 12.2. The summed E-state index contributed by atoms with van der Waals surface area (Å²) in [5.41, 5.74) is 6.08. The highest BCUT2D eigenvalue weighted by Crippen LogP contribution is 2.34. The Morgan fingerprint density at radius 2 is 1.88 bits per heavy atom. The number of aromatic amines is 1. The molecule has 0 aliphatic carbocycles. The second-order valence-corrected chi connectivity index (χ2v) is 7.41. The molecule has 0 amide bonds. The standard InChI is InChI=1S/C21H21N3S/c1-24(2)13-16-5-3-4-6-19(16)21-12-18(14-25-21)23-17-7-8-20-15(11-17)9-10-22-20/h3-12,14,22-23H,13H2,1-2H3. The van der Waals surface area contributed by atoms with E-state index in [2.05, 4.69) is 89.3 Å². The molecular formula is C21H21N3S. The van der Waals surface area contributed by atoms with E-state index in [0.717, 1.165) is 23.4 Å². The molecule has 0 saturated carbocycles. The fourth-order valence-corrected chi connectivity index (χ4v) is 3.98. The van der Waals surface area contributed by atoms with E-state index >= 15 is 0 Å². The van der Waals surface area contributed by atoms with Crippen LogP contribution in [0.15, 0.2) is 66.2 Å². The van der Waals surface area contributed by atoms with Gasteiger partial charge in [-0.15, -0.1) is 11.3 Å². The molecule has 4 heteroatoms. The van der Waals surface area contributed by atoms with Gasteiger partial charge in [0.05, 0.1) is 0 Å². The first-order valence-corrected chi connectivity index (χ1v) is 9.23. The second-order valence-electron chi connectivity index (χ2n) is 6.50. The summed E-state index contributed by atoms with van der Waals surface area (Å²) in [4.78, 5) is 6.73. The number of hydrogen-bond acceptors (Lipinski definition) is 3. The molecule has 0 atom stereocenters. The zero-order valence-corrected chi connectivity index (χ0v) is 15.2. The number of nitrogens with one attached hydrogen (secondary N) is 2. The Balaban J connectivity index is 1.60. The van der Waals surface area contributed by atoms with E-state index in [4.69, 9.17) is 0 Å². The van der Waals surface area contributed by atoms with Crippen LogP contribution in [0.1, 0.15) is 5.56 Å². The Hall–Kier alpha value is -2.56. The molecule has 0 unspecified atom stereocenters. The highest BCUT2D eigenvalue weighted by Gasteiger charge is 2.09. The molecule has 0 saturated heterocycles. The SMILES string of the molecule is CN(C)Cc1ccccc1-c1cc(Nc2ccc3[nH]ccc3c2)cs1. The van der Waals surface area contributed by atoms with Gasteiger partial charge in [-0.1, -0.05) is 24.3 Å². The van der Waals surface area contributed by atoms with Gasteiger partial charge >= 0.3 is 0 Å². The van der Waals surface area contributed by atoms with E-state index < -0.39 is 0 Å². The molecule has 2 N–H and O–H groups in total. The summed E-state index contributed by atoms with van der Waals surface area (Å²) in [7, 11) is 4.21. The minimum atomic E-state index is 0.945. The predicted octanol–water partition coefficient (Wildman–Crippen LogP) is 5.70. The molecular weight excluding hydrogens is 326 g/mol. The van der Waals surface area contributed by atoms with E-state index in [-0.39, 0.29) is 0 Å². The number of aromatic nitrogens is 1. The van der Waals surface area contributed by atoms with Crippen LogP contribution in [0.3, 0.4) is 0 Å². The molecule has 0 radical (unpaired) electrons. The van der Waals surface area contributed by atoms with Crippen LogP contribution in [0.2, 0.25) is 0 Å². The monoisotopic (exact) mass is 347 g/mol. The summed E-state index contributed by atoms with van der Waals surface area (Å²) in [5, 5.41) is 6.93. The van der Waals surface area contributed by atoms with Crippen molar-refractivity contribution in [2.45, 2.75) is 6.54 Å². The van der Waals surface area contributed by atoms with Gasteiger partial charge in [0.2, 0.25) is 0 Å². The maximum Gasteiger partial charge on any atom is 0.0499 e. The lowest BCUT2D eigenvalue weighted by molar-refractivity contribution is 0.403. The van der Waals surface area contributed by atoms with Crippen LogP contribution >= 0.6 is 11.3 Å². The summed E-state index contributed by atoms with van der Waals surface area (Å²) >= 11 is 1.78. The average Bonchev–Trinajstić information content (AvgIpc) is 3.23. The number of fused-ring (bicyclic) bond motifs is 1. The lowest BCUT2D eigenvalue weighted by atomic mass is 10.1. The van der Waals surface area contributed by atoms with Gasteiger partial charge in [0.25, 0.3) is 0 Å². The Morgan fingerprint density at radius 3 is 2.76 bits per heavy atom. The number of nitrogens with zero attached hydrogens (tertiary/aromatic N) is 1. The van der Waals surface area contributed by atoms with Gasteiger partial charge in [-0.25, -0.2) is 0 Å². The third-order valence-corrected chi connectivity index (χ3v) is 5.17. The van der Waals surface area contributed by atoms with Crippen molar-refractivity contribution in [1.82, 2.24) is 9.88 Å². The Labute approximate surface area is 151 Å². The first kappa shape index (κ1) is 15.9. The maximum absolute atomic E-state index is 3.52. The summed E-state index contributed by atoms with van der Waals surface area (Å²) in [6, 6.07) is 19.4. The van der Waals surface area contributed by atoms with Crippen molar-refractivity contribution in [2.75, 3.05) is 19.4 Å². The second kappa shape index (κ2) is 6.75. The number of thiophene rings is 1. The number of benzene rings is 2. The van der Waals surface area contributed by atoms with E-state index in [0.29, 0.717) is 0 Å². The van der Waals surface area contributed by atoms with Gasteiger partial charge in [0, 0.05) is 45.3 Å². The molecule has 4 rings (SSSR count). The normalized spacial score (nSPS) is 11.3. The highest BCUT2D eigenvalue weighted by atomic mass is 32.1. The van der Waals surface area contributed by atoms with Crippen LogP contribution < -0.4 is 5.32 Å². The lowest BCUT2D eigenvalue weighted by Crippen LogP contribution is -2.11. The number of H-pyrrole nitrogens is 1. The van der Waals surface area contributed by atoms with Crippen molar-refractivity contribution in [3.8, 4) is 10.4 Å². The Bertz CT molecular complexity index is 997. The van der Waals surface area contributed by atoms with E-state index in [1.54, 1.807) is 11.3 Å². The minimum absolute atomic E-state index is 0.945. The molecule has 0 aliphatic rings. The molecule has 0 aliphatic heterocycles. The molecule has 2 aromatic heterocycles. The maximum atomic E-state index is 3.52. The molecule has 2 aromatic carbocycles. The molecule has 2 heterocycles. The number of hydrogen-bond donors (Lipinski definition) is 2. The van der Waals surface area contributed by atoms with Crippen LogP contribution in [0.5, 0.6) is 0 Å². The van der Waals surface area contributed by atoms with Crippen molar-refractivity contribution in [1.29, 1.82) is 0 Å². The Morgan fingerprint density at radius 1 is 1.00 bits per heavy atom. The predicted molar refractivity (Wildman–Crippen MR) is 109 cm³/mol. The summed E-state index contributed by atoms with van der Waals surface area (Å²) in [6.45, 7) is 0.945. The van der Waals surface area contributed by atoms with Crippen molar-refractivity contribution in [3.05, 3.63) is 71.7 Å². The van der Waals surface area contributed by atoms with Gasteiger partial charge in [-0.05, 0) is 55.6 Å². The fourth-order valence-electron chi connectivity index (χ4n) is 3.08. The minimum Gasteiger partial charge on any atom is -0.361 e. The molecule has 3 nitrogen and oxygen atoms in total. The van der Waals surface area contributed by atoms with Crippen LogP contribution in [-0.2, 0) is 6.54 Å². The van der Waals surface area contributed by atoms with Crippen molar-refractivity contribution in [3.63, 3.8) is 0 Å². The zero-order chi connectivity index (χ0) is 17.2. The van der Waals surface area contributed by atoms with E-state index in [1.807, 2.05) is 6.20 Å². The van der Waals surface area contributed by atoms with Crippen LogP contribution in [0.25, 0.3) is 21.3 Å². The molecule has 4 aromatic rings. The smallest absolute Gasteiger partial charge is 0.0499 e. The van der Waals surface area contributed by atoms with Crippen molar-refractivity contribution in [2.24, 2.45) is 0 Å². The fraction of sp³-hybridized carbons (Fsp3) is 0.143. The molecule has 25 heavy (non-hydrogen) atoms. The third kappa shape index (κ3) is 3.45. The summed E-state index contributed by atoms with van der Waals surface area (Å²) in [6.07, 6.45) is 1.97. The largest absolute Gasteiger partial charge is 0.361 e. The summed E-state index contributed by atoms with van der Waals surface area (Å²) in [5.74, 6) is 0. The summed E-state index contributed by atoms with van der Waals surface area (Å²) < 4.78 is 0. The van der Waals surface area contributed by atoms with Crippen molar-refractivity contribution < 1.29 is 0 Å². The van der Waals surface area contributed by atoms with Gasteiger partial charge in [-0.2, -0.15) is 0 Å². The van der Waals surface area contributed by atoms with Gasteiger partial charge < -0.3 is 15.2 Å². The molecule has 0 fully saturated rings. The zero-order valence-electron chi connectivity index (χ0n) is 14.4. The topological polar surface area (TPSA) is 31.1 Å². The lowest BCUT2D eigenvalue weighted by Gasteiger charge is -2.13. The first-order valence-electron chi connectivity index (χ1n) is 8.35. The van der Waals surface area contributed by atoms with Crippen LogP contribution in [-0.4, -0.2) is 24.0 Å². The Kier molecular flexibility index (Phi) is 4.30. The van der Waals surface area contributed by atoms with Crippen molar-refractivity contribution >= 4 is 33.6 Å². The quantitative estimate of drug-likeness (QED) is 0.485. The average molecular weight is 347 g/mol.